The number of hydrogen-bond donors (Lipinski definition) is 4. The fraction of sp³-hybridized carbons (Fsp3) is 0.556. The van der Waals surface area contributed by atoms with Crippen molar-refractivity contribution in [2.75, 3.05) is 0 Å². The van der Waals surface area contributed by atoms with E-state index in [4.69, 9.17) is 0 Å². The van der Waals surface area contributed by atoms with E-state index >= 15 is 0 Å². The van der Waals surface area contributed by atoms with Crippen molar-refractivity contribution >= 4 is 29.3 Å². The van der Waals surface area contributed by atoms with Gasteiger partial charge in [0.2, 0.25) is 11.8 Å². The number of carboxylic acids is 1. The smallest absolute Gasteiger partial charge is 0.326 e. The predicted octanol–water partition coefficient (Wildman–Crippen LogP) is 3.37. The highest BCUT2D eigenvalue weighted by molar-refractivity contribution is 6.07. The van der Waals surface area contributed by atoms with Gasteiger partial charge in [0, 0.05) is 11.6 Å². The molecule has 0 aromatic heterocycles. The Hall–Kier alpha value is -3.16. The first-order valence-corrected chi connectivity index (χ1v) is 12.5. The quantitative estimate of drug-likeness (QED) is 0.358. The van der Waals surface area contributed by atoms with Gasteiger partial charge in [-0.1, -0.05) is 79.0 Å². The fourth-order valence-electron chi connectivity index (χ4n) is 4.21. The van der Waals surface area contributed by atoms with Gasteiger partial charge in [0.15, 0.2) is 0 Å². The minimum atomic E-state index is -1.10. The average molecular weight is 486 g/mol. The highest BCUT2D eigenvalue weighted by Crippen LogP contribution is 2.31. The van der Waals surface area contributed by atoms with Gasteiger partial charge in [-0.15, -0.1) is 0 Å². The molecule has 2 rings (SSSR count). The molecule has 8 heteroatoms. The molecular formula is C27H39N3O5. The molecule has 8 nitrogen and oxygen atoms in total. The molecule has 1 aromatic carbocycles. The summed E-state index contributed by atoms with van der Waals surface area (Å²) in [6, 6.07) is 4.87. The number of rotatable bonds is 11. The van der Waals surface area contributed by atoms with Crippen molar-refractivity contribution in [2.24, 2.45) is 17.8 Å². The van der Waals surface area contributed by atoms with Gasteiger partial charge in [0.05, 0.1) is 6.04 Å². The maximum Gasteiger partial charge on any atom is 0.326 e. The number of amides is 3. The first kappa shape index (κ1) is 28.1. The molecule has 0 saturated heterocycles. The Bertz CT molecular complexity index is 973. The van der Waals surface area contributed by atoms with Gasteiger partial charge in [-0.05, 0) is 35.0 Å². The maximum absolute atomic E-state index is 13.2. The van der Waals surface area contributed by atoms with Crippen molar-refractivity contribution < 1.29 is 24.3 Å². The topological polar surface area (TPSA) is 125 Å². The number of benzene rings is 1. The van der Waals surface area contributed by atoms with Crippen molar-refractivity contribution in [3.05, 3.63) is 41.5 Å². The maximum atomic E-state index is 13.2. The lowest BCUT2D eigenvalue weighted by molar-refractivity contribution is -0.144. The number of carbonyl (C=O) groups excluding carboxylic acids is 3. The van der Waals surface area contributed by atoms with Crippen LogP contribution in [0.15, 0.2) is 30.3 Å². The van der Waals surface area contributed by atoms with Crippen LogP contribution in [0.2, 0.25) is 0 Å². The summed E-state index contributed by atoms with van der Waals surface area (Å²) in [7, 11) is 0. The summed E-state index contributed by atoms with van der Waals surface area (Å²) in [4.78, 5) is 50.7. The molecule has 6 atom stereocenters. The van der Waals surface area contributed by atoms with E-state index in [-0.39, 0.29) is 29.7 Å². The number of hydrogen-bond acceptors (Lipinski definition) is 4. The lowest BCUT2D eigenvalue weighted by Gasteiger charge is -2.33. The first-order chi connectivity index (χ1) is 16.5. The molecular weight excluding hydrogens is 446 g/mol. The molecule has 0 spiro atoms. The lowest BCUT2D eigenvalue weighted by atomic mass is 9.82. The highest BCUT2D eigenvalue weighted by Gasteiger charge is 2.34. The number of aliphatic carboxylic acids is 1. The van der Waals surface area contributed by atoms with E-state index in [1.807, 2.05) is 46.8 Å². The predicted molar refractivity (Wildman–Crippen MR) is 136 cm³/mol. The molecule has 6 unspecified atom stereocenters. The third-order valence-corrected chi connectivity index (χ3v) is 7.17. The molecule has 192 valence electrons. The normalized spacial score (nSPS) is 20.6. The van der Waals surface area contributed by atoms with Crippen molar-refractivity contribution in [1.82, 2.24) is 16.0 Å². The lowest BCUT2D eigenvalue weighted by Crippen LogP contribution is -2.55. The van der Waals surface area contributed by atoms with Gasteiger partial charge in [-0.2, -0.15) is 0 Å². The Kier molecular flexibility index (Phi) is 10.0. The largest absolute Gasteiger partial charge is 0.480 e. The second-order valence-corrected chi connectivity index (χ2v) is 9.56. The van der Waals surface area contributed by atoms with Crippen LogP contribution in [0.4, 0.5) is 0 Å². The van der Waals surface area contributed by atoms with Crippen LogP contribution in [0.5, 0.6) is 0 Å². The fourth-order valence-corrected chi connectivity index (χ4v) is 4.21. The monoisotopic (exact) mass is 485 g/mol. The Balaban J connectivity index is 2.37. The molecule has 1 heterocycles. The first-order valence-electron chi connectivity index (χ1n) is 12.5. The van der Waals surface area contributed by atoms with Crippen LogP contribution in [0, 0.1) is 17.8 Å². The molecule has 1 aromatic rings. The van der Waals surface area contributed by atoms with Gasteiger partial charge >= 0.3 is 5.97 Å². The minimum absolute atomic E-state index is 0.0897. The van der Waals surface area contributed by atoms with E-state index in [1.165, 1.54) is 6.08 Å². The second kappa shape index (κ2) is 12.5. The molecule has 4 N–H and O–H groups in total. The number of fused-ring (bicyclic) bond motifs is 1. The van der Waals surface area contributed by atoms with Gasteiger partial charge in [0.25, 0.3) is 5.91 Å². The molecule has 1 aliphatic rings. The zero-order valence-corrected chi connectivity index (χ0v) is 21.6. The zero-order valence-electron chi connectivity index (χ0n) is 21.6. The van der Waals surface area contributed by atoms with Crippen LogP contribution in [-0.2, 0) is 14.4 Å². The van der Waals surface area contributed by atoms with Crippen LogP contribution >= 0.6 is 0 Å². The summed E-state index contributed by atoms with van der Waals surface area (Å²) in [6.45, 7) is 11.4. The second-order valence-electron chi connectivity index (χ2n) is 9.56. The van der Waals surface area contributed by atoms with E-state index in [0.29, 0.717) is 29.5 Å². The summed E-state index contributed by atoms with van der Waals surface area (Å²) < 4.78 is 0. The van der Waals surface area contributed by atoms with E-state index in [9.17, 15) is 24.3 Å². The van der Waals surface area contributed by atoms with Crippen LogP contribution in [0.1, 0.15) is 76.7 Å². The third-order valence-electron chi connectivity index (χ3n) is 7.17. The molecule has 0 fully saturated rings. The third kappa shape index (κ3) is 6.71. The summed E-state index contributed by atoms with van der Waals surface area (Å²) in [5, 5.41) is 18.0. The van der Waals surface area contributed by atoms with E-state index in [2.05, 4.69) is 16.0 Å². The van der Waals surface area contributed by atoms with Crippen molar-refractivity contribution in [1.29, 1.82) is 0 Å². The van der Waals surface area contributed by atoms with E-state index < -0.39 is 29.9 Å². The molecule has 0 radical (unpaired) electrons. The Morgan fingerprint density at radius 3 is 2.06 bits per heavy atom. The van der Waals surface area contributed by atoms with Crippen molar-refractivity contribution in [3.8, 4) is 0 Å². The Morgan fingerprint density at radius 2 is 1.51 bits per heavy atom. The average Bonchev–Trinajstić information content (AvgIpc) is 2.85. The summed E-state index contributed by atoms with van der Waals surface area (Å²) in [6.07, 6.45) is 3.47. The molecule has 0 saturated carbocycles. The standard InChI is InChI=1S/C27H39N3O5/c1-7-15(4)22-20(18-12-10-11-13-19(18)25(32)29-22)14-21(31)28-23(16(5)8-2)26(33)30-24(27(34)35)17(6)9-3/h10-17,22-24H,7-9H2,1-6H3,(H,28,31)(H,29,32)(H,30,33)(H,34,35). The van der Waals surface area contributed by atoms with Crippen LogP contribution in [-0.4, -0.2) is 46.9 Å². The Labute approximate surface area is 207 Å². The van der Waals surface area contributed by atoms with Gasteiger partial charge in [0.1, 0.15) is 12.1 Å². The van der Waals surface area contributed by atoms with Gasteiger partial charge < -0.3 is 21.1 Å². The van der Waals surface area contributed by atoms with Crippen molar-refractivity contribution in [3.63, 3.8) is 0 Å². The summed E-state index contributed by atoms with van der Waals surface area (Å²) in [5.41, 5.74) is 1.89. The van der Waals surface area contributed by atoms with Crippen LogP contribution < -0.4 is 16.0 Å². The molecule has 35 heavy (non-hydrogen) atoms. The zero-order chi connectivity index (χ0) is 26.3. The van der Waals surface area contributed by atoms with E-state index in [1.54, 1.807) is 19.1 Å². The molecule has 0 bridgehead atoms. The van der Waals surface area contributed by atoms with Crippen LogP contribution in [0.3, 0.4) is 0 Å². The minimum Gasteiger partial charge on any atom is -0.480 e. The molecule has 0 aliphatic carbocycles. The van der Waals surface area contributed by atoms with E-state index in [0.717, 1.165) is 6.42 Å². The molecule has 3 amide bonds. The van der Waals surface area contributed by atoms with Gasteiger partial charge in [-0.25, -0.2) is 4.79 Å². The van der Waals surface area contributed by atoms with Crippen LogP contribution in [0.25, 0.3) is 5.57 Å². The summed E-state index contributed by atoms with van der Waals surface area (Å²) in [5.74, 6) is -2.64. The SMILES string of the molecule is CCC(C)C(NC(=O)C(NC(=O)C=C1c2ccccc2C(=O)NC1C(C)CC)C(C)CC)C(=O)O. The van der Waals surface area contributed by atoms with Gasteiger partial charge in [-0.3, -0.25) is 14.4 Å². The number of carboxylic acid groups (broad SMARTS) is 1. The summed E-state index contributed by atoms with van der Waals surface area (Å²) >= 11 is 0. The number of nitrogens with one attached hydrogen (secondary N) is 3. The highest BCUT2D eigenvalue weighted by atomic mass is 16.4. The molecule has 1 aliphatic heterocycles. The number of carbonyl (C=O) groups is 4. The van der Waals surface area contributed by atoms with Crippen molar-refractivity contribution in [2.45, 2.75) is 78.9 Å². The Morgan fingerprint density at radius 1 is 0.943 bits per heavy atom.